The van der Waals surface area contributed by atoms with Crippen molar-refractivity contribution in [2.24, 2.45) is 0 Å². The minimum absolute atomic E-state index is 0. The molecule has 0 nitrogen and oxygen atoms in total. The van der Waals surface area contributed by atoms with Crippen molar-refractivity contribution in [3.63, 3.8) is 0 Å². The molecule has 71 valence electrons. The predicted molar refractivity (Wildman–Crippen MR) is 62.3 cm³/mol. The Bertz CT molecular complexity index is 220. The Morgan fingerprint density at radius 3 is 1.77 bits per heavy atom. The zero-order valence-electron chi connectivity index (χ0n) is 9.65. The van der Waals surface area contributed by atoms with Gasteiger partial charge >= 0.3 is 0 Å². The molecule has 0 rings (SSSR count). The van der Waals surface area contributed by atoms with Gasteiger partial charge in [-0.2, -0.15) is 5.70 Å². The molecule has 0 aromatic carbocycles. The SMILES string of the molecule is C[Si](C)(C)C#C[C-]=C[Si](C)(C)C.[Y]. The topological polar surface area (TPSA) is 0 Å². The summed E-state index contributed by atoms with van der Waals surface area (Å²) < 4.78 is 0. The molecule has 0 N–H and O–H groups in total. The zero-order valence-corrected chi connectivity index (χ0v) is 14.5. The number of rotatable bonds is 1. The summed E-state index contributed by atoms with van der Waals surface area (Å²) in [5.41, 5.74) is 5.43. The minimum atomic E-state index is -1.18. The van der Waals surface area contributed by atoms with Crippen LogP contribution >= 0.6 is 0 Å². The van der Waals surface area contributed by atoms with Crippen molar-refractivity contribution in [1.82, 2.24) is 0 Å². The smallest absolute Gasteiger partial charge is 0.0503 e. The molecule has 0 aliphatic rings. The summed E-state index contributed by atoms with van der Waals surface area (Å²) in [6.45, 7) is 13.6. The average molecular weight is 284 g/mol. The molecule has 13 heavy (non-hydrogen) atoms. The first-order valence-corrected chi connectivity index (χ1v) is 11.4. The molecule has 0 amide bonds. The van der Waals surface area contributed by atoms with E-state index in [4.69, 9.17) is 0 Å². The van der Waals surface area contributed by atoms with Gasteiger partial charge in [0.05, 0.1) is 8.07 Å². The molecular formula is C10H19Si2Y-. The van der Waals surface area contributed by atoms with Crippen molar-refractivity contribution in [2.45, 2.75) is 39.3 Å². The minimum Gasteiger partial charge on any atom is -0.333 e. The second-order valence-corrected chi connectivity index (χ2v) is 14.9. The Labute approximate surface area is 110 Å². The Kier molecular flexibility index (Phi) is 7.94. The van der Waals surface area contributed by atoms with Gasteiger partial charge in [-0.25, -0.2) is 6.08 Å². The van der Waals surface area contributed by atoms with Gasteiger partial charge in [0.15, 0.2) is 0 Å². The van der Waals surface area contributed by atoms with Gasteiger partial charge in [-0.1, -0.05) is 39.3 Å². The largest absolute Gasteiger partial charge is 0.333 e. The molecule has 3 heteroatoms. The van der Waals surface area contributed by atoms with Crippen LogP contribution in [-0.2, 0) is 32.7 Å². The first-order chi connectivity index (χ1) is 5.21. The van der Waals surface area contributed by atoms with E-state index in [0.29, 0.717) is 0 Å². The Morgan fingerprint density at radius 2 is 1.46 bits per heavy atom. The first-order valence-electron chi connectivity index (χ1n) is 4.33. The van der Waals surface area contributed by atoms with Gasteiger partial charge in [-0.05, 0) is 0 Å². The molecule has 0 heterocycles. The van der Waals surface area contributed by atoms with Crippen LogP contribution in [0.2, 0.25) is 39.3 Å². The molecule has 0 aromatic heterocycles. The molecule has 1 radical (unpaired) electrons. The van der Waals surface area contributed by atoms with Crippen LogP contribution in [0.25, 0.3) is 0 Å². The average Bonchev–Trinajstić information content (AvgIpc) is 1.76. The van der Waals surface area contributed by atoms with Crippen molar-refractivity contribution in [3.8, 4) is 11.5 Å². The summed E-state index contributed by atoms with van der Waals surface area (Å²) in [6.07, 6.45) is 3.09. The molecule has 0 aromatic rings. The van der Waals surface area contributed by atoms with Crippen molar-refractivity contribution in [3.05, 3.63) is 11.8 Å². The van der Waals surface area contributed by atoms with Crippen LogP contribution in [0.3, 0.4) is 0 Å². The van der Waals surface area contributed by atoms with E-state index in [1.165, 1.54) is 0 Å². The summed E-state index contributed by atoms with van der Waals surface area (Å²) in [4.78, 5) is 0. The summed E-state index contributed by atoms with van der Waals surface area (Å²) in [6, 6.07) is 0. The third-order valence-corrected chi connectivity index (χ3v) is 2.90. The Hall–Kier alpha value is 0.838. The second kappa shape index (κ2) is 6.35. The maximum atomic E-state index is 3.26. The van der Waals surface area contributed by atoms with Crippen LogP contribution in [0.15, 0.2) is 5.70 Å². The van der Waals surface area contributed by atoms with Gasteiger partial charge in [-0.3, -0.25) is 0 Å². The van der Waals surface area contributed by atoms with Crippen LogP contribution in [-0.4, -0.2) is 16.1 Å². The van der Waals surface area contributed by atoms with Crippen LogP contribution < -0.4 is 0 Å². The molecule has 0 fully saturated rings. The van der Waals surface area contributed by atoms with E-state index in [0.717, 1.165) is 0 Å². The van der Waals surface area contributed by atoms with Gasteiger partial charge in [-0.15, -0.1) is 0 Å². The fourth-order valence-electron chi connectivity index (χ4n) is 0.476. The summed E-state index contributed by atoms with van der Waals surface area (Å²) in [5.74, 6) is 3.02. The van der Waals surface area contributed by atoms with Gasteiger partial charge in [0.1, 0.15) is 0 Å². The monoisotopic (exact) mass is 284 g/mol. The fourth-order valence-corrected chi connectivity index (χ4v) is 1.43. The van der Waals surface area contributed by atoms with Gasteiger partial charge in [0, 0.05) is 40.8 Å². The standard InChI is InChI=1S/C10H19Si2.Y/c1-11(2,3)9-7-8-10-12(4,5)6;/h9H,1-6H3;/q-1;. The van der Waals surface area contributed by atoms with E-state index < -0.39 is 16.1 Å². The Morgan fingerprint density at radius 1 is 1.00 bits per heavy atom. The van der Waals surface area contributed by atoms with Gasteiger partial charge < -0.3 is 11.5 Å². The molecular weight excluding hydrogens is 265 g/mol. The number of hydrogen-bond acceptors (Lipinski definition) is 0. The van der Waals surface area contributed by atoms with Crippen LogP contribution in [0.5, 0.6) is 0 Å². The van der Waals surface area contributed by atoms with Gasteiger partial charge in [0.2, 0.25) is 0 Å². The third-order valence-electron chi connectivity index (χ3n) is 1.01. The van der Waals surface area contributed by atoms with E-state index in [9.17, 15) is 0 Å². The van der Waals surface area contributed by atoms with E-state index in [2.05, 4.69) is 62.5 Å². The molecule has 0 spiro atoms. The molecule has 0 saturated heterocycles. The predicted octanol–water partition coefficient (Wildman–Crippen LogP) is 3.10. The maximum absolute atomic E-state index is 3.26. The van der Waals surface area contributed by atoms with Gasteiger partial charge in [0.25, 0.3) is 0 Å². The normalized spacial score (nSPS) is 11.8. The number of allylic oxidation sites excluding steroid dienone is 1. The van der Waals surface area contributed by atoms with Crippen LogP contribution in [0.1, 0.15) is 0 Å². The van der Waals surface area contributed by atoms with E-state index >= 15 is 0 Å². The summed E-state index contributed by atoms with van der Waals surface area (Å²) >= 11 is 0. The molecule has 0 bridgehead atoms. The van der Waals surface area contributed by atoms with E-state index in [1.54, 1.807) is 0 Å². The second-order valence-electron chi connectivity index (χ2n) is 5.15. The zero-order chi connectivity index (χ0) is 9.83. The Balaban J connectivity index is 0. The van der Waals surface area contributed by atoms with Crippen LogP contribution in [0.4, 0.5) is 0 Å². The summed E-state index contributed by atoms with van der Waals surface area (Å²) in [5, 5.41) is 0. The van der Waals surface area contributed by atoms with Crippen molar-refractivity contribution < 1.29 is 32.7 Å². The molecule has 0 unspecified atom stereocenters. The first kappa shape index (κ1) is 16.3. The molecule has 0 saturated carbocycles. The van der Waals surface area contributed by atoms with E-state index in [1.807, 2.05) is 0 Å². The number of hydrogen-bond donors (Lipinski definition) is 0. The van der Waals surface area contributed by atoms with Crippen molar-refractivity contribution in [2.75, 3.05) is 0 Å². The quantitative estimate of drug-likeness (QED) is 0.394. The van der Waals surface area contributed by atoms with Crippen molar-refractivity contribution >= 4 is 16.1 Å². The maximum Gasteiger partial charge on any atom is 0.0503 e. The van der Waals surface area contributed by atoms with E-state index in [-0.39, 0.29) is 32.7 Å². The molecule has 0 aliphatic heterocycles. The molecule has 0 atom stereocenters. The third kappa shape index (κ3) is 15.6. The molecule has 0 aliphatic carbocycles. The van der Waals surface area contributed by atoms with Crippen LogP contribution in [0, 0.1) is 17.5 Å². The summed E-state index contributed by atoms with van der Waals surface area (Å²) in [7, 11) is -2.26. The fraction of sp³-hybridized carbons (Fsp3) is 0.600. The van der Waals surface area contributed by atoms with Crippen molar-refractivity contribution in [1.29, 1.82) is 0 Å².